The molecule has 13 heavy (non-hydrogen) atoms. The molecule has 0 aliphatic heterocycles. The Labute approximate surface area is 79.3 Å². The number of carboxylic acid groups (broad SMARTS) is 1. The minimum absolute atomic E-state index is 0.0826. The lowest BCUT2D eigenvalue weighted by Gasteiger charge is -2.48. The summed E-state index contributed by atoms with van der Waals surface area (Å²) in [4.78, 5) is 10.6. The first-order chi connectivity index (χ1) is 5.99. The molecule has 3 nitrogen and oxygen atoms in total. The maximum atomic E-state index is 10.6. The second-order valence-corrected chi connectivity index (χ2v) is 4.69. The number of hydrogen-bond donors (Lipinski definition) is 2. The van der Waals surface area contributed by atoms with Gasteiger partial charge >= 0.3 is 5.97 Å². The highest BCUT2D eigenvalue weighted by Gasteiger charge is 2.45. The molecule has 0 spiro atoms. The number of aliphatic carboxylic acids is 1. The van der Waals surface area contributed by atoms with E-state index < -0.39 is 5.97 Å². The van der Waals surface area contributed by atoms with Gasteiger partial charge in [-0.05, 0) is 36.6 Å². The zero-order chi connectivity index (χ0) is 10.1. The summed E-state index contributed by atoms with van der Waals surface area (Å²) in [6, 6.07) is 0. The van der Waals surface area contributed by atoms with Gasteiger partial charge in [-0.1, -0.05) is 13.8 Å². The fraction of sp³-hybridized carbons (Fsp3) is 0.900. The summed E-state index contributed by atoms with van der Waals surface area (Å²) < 4.78 is 0. The Morgan fingerprint density at radius 2 is 2.15 bits per heavy atom. The minimum Gasteiger partial charge on any atom is -0.481 e. The number of nitrogens with two attached hydrogens (primary N) is 1. The van der Waals surface area contributed by atoms with Crippen LogP contribution in [-0.2, 0) is 4.79 Å². The molecule has 0 heterocycles. The van der Waals surface area contributed by atoms with Gasteiger partial charge in [0.1, 0.15) is 0 Å². The summed E-state index contributed by atoms with van der Waals surface area (Å²) in [5.41, 5.74) is 5.53. The van der Waals surface area contributed by atoms with Crippen molar-refractivity contribution in [2.45, 2.75) is 33.1 Å². The average Bonchev–Trinajstić information content (AvgIpc) is 1.94. The van der Waals surface area contributed by atoms with E-state index in [1.165, 1.54) is 0 Å². The first kappa shape index (κ1) is 10.5. The summed E-state index contributed by atoms with van der Waals surface area (Å²) in [6.45, 7) is 4.89. The molecule has 1 aliphatic carbocycles. The molecule has 0 unspecified atom stereocenters. The smallest absolute Gasteiger partial charge is 0.303 e. The fourth-order valence-corrected chi connectivity index (χ4v) is 2.23. The second-order valence-electron chi connectivity index (χ2n) is 4.69. The van der Waals surface area contributed by atoms with E-state index in [1.54, 1.807) is 0 Å². The van der Waals surface area contributed by atoms with E-state index >= 15 is 0 Å². The van der Waals surface area contributed by atoms with Crippen LogP contribution >= 0.6 is 0 Å². The van der Waals surface area contributed by atoms with Gasteiger partial charge in [0.05, 0.1) is 6.42 Å². The van der Waals surface area contributed by atoms with Crippen molar-refractivity contribution < 1.29 is 9.90 Å². The molecule has 3 heteroatoms. The SMILES string of the molecule is CC(C)[C@H]1C[C@@](CN)(CC(=O)O)C1. The third kappa shape index (κ3) is 2.21. The summed E-state index contributed by atoms with van der Waals surface area (Å²) >= 11 is 0. The summed E-state index contributed by atoms with van der Waals surface area (Å²) in [5, 5.41) is 8.71. The van der Waals surface area contributed by atoms with Crippen LogP contribution in [0.25, 0.3) is 0 Å². The van der Waals surface area contributed by atoms with E-state index in [0.717, 1.165) is 12.8 Å². The highest BCUT2D eigenvalue weighted by atomic mass is 16.4. The van der Waals surface area contributed by atoms with Crippen LogP contribution in [0.2, 0.25) is 0 Å². The highest BCUT2D eigenvalue weighted by molar-refractivity contribution is 5.68. The Morgan fingerprint density at radius 3 is 2.46 bits per heavy atom. The number of carbonyl (C=O) groups is 1. The van der Waals surface area contributed by atoms with Crippen molar-refractivity contribution in [3.05, 3.63) is 0 Å². The molecular weight excluding hydrogens is 166 g/mol. The Hall–Kier alpha value is -0.570. The van der Waals surface area contributed by atoms with Crippen LogP contribution in [0.1, 0.15) is 33.1 Å². The van der Waals surface area contributed by atoms with E-state index in [-0.39, 0.29) is 11.8 Å². The van der Waals surface area contributed by atoms with Crippen LogP contribution in [0.5, 0.6) is 0 Å². The van der Waals surface area contributed by atoms with Crippen molar-refractivity contribution in [2.75, 3.05) is 6.54 Å². The molecule has 3 N–H and O–H groups in total. The van der Waals surface area contributed by atoms with Gasteiger partial charge in [-0.25, -0.2) is 0 Å². The molecule has 0 atom stereocenters. The molecule has 0 bridgehead atoms. The lowest BCUT2D eigenvalue weighted by atomic mass is 9.57. The molecular formula is C10H19NO2. The fourth-order valence-electron chi connectivity index (χ4n) is 2.23. The van der Waals surface area contributed by atoms with E-state index in [4.69, 9.17) is 10.8 Å². The molecule has 1 fully saturated rings. The zero-order valence-corrected chi connectivity index (χ0v) is 8.42. The molecule has 1 aliphatic rings. The Morgan fingerprint density at radius 1 is 1.62 bits per heavy atom. The molecule has 0 radical (unpaired) electrons. The number of rotatable bonds is 4. The summed E-state index contributed by atoms with van der Waals surface area (Å²) in [7, 11) is 0. The first-order valence-corrected chi connectivity index (χ1v) is 4.91. The standard InChI is InChI=1S/C10H19NO2/c1-7(2)8-3-10(4-8,6-11)5-9(12)13/h7-8H,3-6,11H2,1-2H3,(H,12,13)/t8-,10-. The molecule has 0 aromatic rings. The van der Waals surface area contributed by atoms with Crippen LogP contribution in [0.4, 0.5) is 0 Å². The minimum atomic E-state index is -0.715. The maximum absolute atomic E-state index is 10.6. The highest BCUT2D eigenvalue weighted by Crippen LogP contribution is 2.50. The lowest BCUT2D eigenvalue weighted by molar-refractivity contribution is -0.142. The number of hydrogen-bond acceptors (Lipinski definition) is 2. The van der Waals surface area contributed by atoms with Crippen molar-refractivity contribution in [3.8, 4) is 0 Å². The van der Waals surface area contributed by atoms with Gasteiger partial charge in [0.2, 0.25) is 0 Å². The van der Waals surface area contributed by atoms with Crippen molar-refractivity contribution in [1.82, 2.24) is 0 Å². The molecule has 0 aromatic carbocycles. The van der Waals surface area contributed by atoms with Crippen LogP contribution in [0.15, 0.2) is 0 Å². The third-order valence-electron chi connectivity index (χ3n) is 3.29. The van der Waals surface area contributed by atoms with Crippen molar-refractivity contribution in [3.63, 3.8) is 0 Å². The van der Waals surface area contributed by atoms with Crippen LogP contribution in [0.3, 0.4) is 0 Å². The summed E-state index contributed by atoms with van der Waals surface area (Å²) in [5.74, 6) is 0.629. The van der Waals surface area contributed by atoms with Gasteiger partial charge in [0.15, 0.2) is 0 Å². The second kappa shape index (κ2) is 3.66. The predicted molar refractivity (Wildman–Crippen MR) is 51.3 cm³/mol. The largest absolute Gasteiger partial charge is 0.481 e. The van der Waals surface area contributed by atoms with Gasteiger partial charge < -0.3 is 10.8 Å². The van der Waals surface area contributed by atoms with Crippen LogP contribution < -0.4 is 5.73 Å². The van der Waals surface area contributed by atoms with Gasteiger partial charge in [0, 0.05) is 0 Å². The Kier molecular flexibility index (Phi) is 2.96. The normalized spacial score (nSPS) is 33.1. The predicted octanol–water partition coefficient (Wildman–Crippen LogP) is 1.47. The lowest BCUT2D eigenvalue weighted by Crippen LogP contribution is -2.46. The zero-order valence-electron chi connectivity index (χ0n) is 8.42. The van der Waals surface area contributed by atoms with Gasteiger partial charge in [0.25, 0.3) is 0 Å². The van der Waals surface area contributed by atoms with Crippen molar-refractivity contribution in [1.29, 1.82) is 0 Å². The van der Waals surface area contributed by atoms with Crippen LogP contribution in [0, 0.1) is 17.3 Å². The van der Waals surface area contributed by atoms with Gasteiger partial charge in [-0.3, -0.25) is 4.79 Å². The Balaban J connectivity index is 2.45. The van der Waals surface area contributed by atoms with Crippen LogP contribution in [-0.4, -0.2) is 17.6 Å². The van der Waals surface area contributed by atoms with Crippen molar-refractivity contribution >= 4 is 5.97 Å². The van der Waals surface area contributed by atoms with E-state index in [0.29, 0.717) is 18.4 Å². The van der Waals surface area contributed by atoms with E-state index in [1.807, 2.05) is 0 Å². The molecule has 1 rings (SSSR count). The van der Waals surface area contributed by atoms with E-state index in [9.17, 15) is 4.79 Å². The van der Waals surface area contributed by atoms with Gasteiger partial charge in [-0.2, -0.15) is 0 Å². The van der Waals surface area contributed by atoms with Gasteiger partial charge in [-0.15, -0.1) is 0 Å². The first-order valence-electron chi connectivity index (χ1n) is 4.91. The summed E-state index contributed by atoms with van der Waals surface area (Å²) in [6.07, 6.45) is 2.23. The quantitative estimate of drug-likeness (QED) is 0.697. The molecule has 0 amide bonds. The topological polar surface area (TPSA) is 63.3 Å². The molecule has 0 saturated heterocycles. The number of carboxylic acids is 1. The maximum Gasteiger partial charge on any atom is 0.303 e. The van der Waals surface area contributed by atoms with Crippen molar-refractivity contribution in [2.24, 2.45) is 23.0 Å². The molecule has 76 valence electrons. The molecule has 1 saturated carbocycles. The Bertz CT molecular complexity index is 195. The molecule has 0 aromatic heterocycles. The monoisotopic (exact) mass is 185 g/mol. The average molecular weight is 185 g/mol. The van der Waals surface area contributed by atoms with E-state index in [2.05, 4.69) is 13.8 Å². The third-order valence-corrected chi connectivity index (χ3v) is 3.29.